The Labute approximate surface area is 168 Å². The summed E-state index contributed by atoms with van der Waals surface area (Å²) in [6, 6.07) is 4.72. The highest BCUT2D eigenvalue weighted by molar-refractivity contribution is 5.73. The summed E-state index contributed by atoms with van der Waals surface area (Å²) in [6.45, 7) is 3.36. The van der Waals surface area contributed by atoms with Gasteiger partial charge in [0.15, 0.2) is 11.6 Å². The molecule has 0 atom stereocenters. The number of aryl methyl sites for hydroxylation is 3. The molecule has 1 N–H and O–H groups in total. The van der Waals surface area contributed by atoms with Gasteiger partial charge in [-0.3, -0.25) is 4.79 Å². The number of hydrogen-bond acceptors (Lipinski definition) is 5. The lowest BCUT2D eigenvalue weighted by atomic mass is 9.98. The van der Waals surface area contributed by atoms with Gasteiger partial charge in [0.2, 0.25) is 0 Å². The fraction of sp³-hybridized carbons (Fsp3) is 0.250. The first-order valence-electron chi connectivity index (χ1n) is 8.83. The quantitative estimate of drug-likeness (QED) is 0.631. The Bertz CT molecular complexity index is 1170. The van der Waals surface area contributed by atoms with Gasteiger partial charge < -0.3 is 9.84 Å². The lowest BCUT2D eigenvalue weighted by molar-refractivity contribution is -0.138. The monoisotopic (exact) mass is 423 g/mol. The number of aromatic nitrogens is 3. The van der Waals surface area contributed by atoms with E-state index in [4.69, 9.17) is 4.74 Å². The second-order valence-corrected chi connectivity index (χ2v) is 6.52. The van der Waals surface area contributed by atoms with Crippen LogP contribution >= 0.6 is 0 Å². The van der Waals surface area contributed by atoms with Crippen molar-refractivity contribution in [1.82, 2.24) is 14.8 Å². The van der Waals surface area contributed by atoms with Crippen LogP contribution in [0.15, 0.2) is 35.3 Å². The first-order valence-corrected chi connectivity index (χ1v) is 8.83. The summed E-state index contributed by atoms with van der Waals surface area (Å²) in [7, 11) is 1.46. The number of halogens is 4. The molecule has 0 aliphatic carbocycles. The molecule has 6 nitrogen and oxygen atoms in total. The van der Waals surface area contributed by atoms with Crippen LogP contribution in [0.5, 0.6) is 17.4 Å². The molecule has 2 heterocycles. The number of aromatic hydroxyl groups is 1. The fourth-order valence-electron chi connectivity index (χ4n) is 2.94. The van der Waals surface area contributed by atoms with E-state index in [0.29, 0.717) is 29.8 Å². The van der Waals surface area contributed by atoms with E-state index in [-0.39, 0.29) is 22.8 Å². The van der Waals surface area contributed by atoms with E-state index in [2.05, 4.69) is 10.1 Å². The van der Waals surface area contributed by atoms with Crippen LogP contribution < -0.4 is 10.3 Å². The molecule has 0 radical (unpaired) electrons. The van der Waals surface area contributed by atoms with E-state index in [1.165, 1.54) is 25.2 Å². The minimum atomic E-state index is -4.72. The van der Waals surface area contributed by atoms with Gasteiger partial charge in [0, 0.05) is 13.2 Å². The Morgan fingerprint density at radius 2 is 1.93 bits per heavy atom. The molecule has 158 valence electrons. The molecule has 1 aromatic carbocycles. The largest absolute Gasteiger partial charge is 0.505 e. The minimum absolute atomic E-state index is 0.0623. The zero-order valence-corrected chi connectivity index (χ0v) is 16.2. The maximum Gasteiger partial charge on any atom is 0.417 e. The second kappa shape index (κ2) is 7.77. The molecular formula is C20H17F4N3O3. The zero-order chi connectivity index (χ0) is 22.2. The highest BCUT2D eigenvalue weighted by atomic mass is 19.4. The average Bonchev–Trinajstić information content (AvgIpc) is 2.68. The Balaban J connectivity index is 2.02. The first kappa shape index (κ1) is 21.3. The number of alkyl halides is 3. The number of rotatable bonds is 4. The molecule has 10 heteroatoms. The van der Waals surface area contributed by atoms with Crippen LogP contribution in [0.25, 0.3) is 11.1 Å². The SMILES string of the molecule is CCc1cc(Oc2ncc(C(F)(F)F)cc2F)ccc1-c1c(O)c(C)nn(C)c1=O. The van der Waals surface area contributed by atoms with Crippen molar-refractivity contribution >= 4 is 0 Å². The van der Waals surface area contributed by atoms with Crippen molar-refractivity contribution in [2.24, 2.45) is 7.05 Å². The van der Waals surface area contributed by atoms with Crippen molar-refractivity contribution in [3.05, 3.63) is 63.5 Å². The van der Waals surface area contributed by atoms with Crippen LogP contribution in [-0.2, 0) is 19.6 Å². The van der Waals surface area contributed by atoms with E-state index < -0.39 is 29.0 Å². The van der Waals surface area contributed by atoms with Crippen LogP contribution in [0.4, 0.5) is 17.6 Å². The average molecular weight is 423 g/mol. The molecular weight excluding hydrogens is 406 g/mol. The molecule has 3 rings (SSSR count). The van der Waals surface area contributed by atoms with E-state index in [1.807, 2.05) is 0 Å². The van der Waals surface area contributed by atoms with Gasteiger partial charge in [-0.05, 0) is 42.7 Å². The molecule has 0 unspecified atom stereocenters. The molecule has 0 saturated heterocycles. The predicted octanol–water partition coefficient (Wildman–Crippen LogP) is 4.37. The van der Waals surface area contributed by atoms with Gasteiger partial charge in [-0.15, -0.1) is 0 Å². The van der Waals surface area contributed by atoms with E-state index >= 15 is 0 Å². The third-order valence-electron chi connectivity index (χ3n) is 4.46. The fourth-order valence-corrected chi connectivity index (χ4v) is 2.94. The summed E-state index contributed by atoms with van der Waals surface area (Å²) >= 11 is 0. The number of benzene rings is 1. The van der Waals surface area contributed by atoms with Crippen molar-refractivity contribution in [2.45, 2.75) is 26.4 Å². The van der Waals surface area contributed by atoms with Gasteiger partial charge >= 0.3 is 6.18 Å². The zero-order valence-electron chi connectivity index (χ0n) is 16.2. The van der Waals surface area contributed by atoms with Crippen LogP contribution in [-0.4, -0.2) is 19.9 Å². The molecule has 2 aromatic heterocycles. The molecule has 0 aliphatic heterocycles. The molecule has 0 aliphatic rings. The first-order chi connectivity index (χ1) is 14.0. The molecule has 30 heavy (non-hydrogen) atoms. The van der Waals surface area contributed by atoms with Gasteiger partial charge in [-0.25, -0.2) is 14.1 Å². The summed E-state index contributed by atoms with van der Waals surface area (Å²) in [5.41, 5.74) is -0.363. The predicted molar refractivity (Wildman–Crippen MR) is 100.0 cm³/mol. The summed E-state index contributed by atoms with van der Waals surface area (Å²) in [4.78, 5) is 15.9. The number of hydrogen-bond donors (Lipinski definition) is 1. The highest BCUT2D eigenvalue weighted by Crippen LogP contribution is 2.35. The third kappa shape index (κ3) is 3.98. The highest BCUT2D eigenvalue weighted by Gasteiger charge is 2.32. The Morgan fingerprint density at radius 1 is 1.23 bits per heavy atom. The summed E-state index contributed by atoms with van der Waals surface area (Å²) in [5, 5.41) is 14.3. The Kier molecular flexibility index (Phi) is 5.51. The van der Waals surface area contributed by atoms with Crippen molar-refractivity contribution < 1.29 is 27.4 Å². The topological polar surface area (TPSA) is 77.2 Å². The Morgan fingerprint density at radius 3 is 2.53 bits per heavy atom. The van der Waals surface area contributed by atoms with Crippen molar-refractivity contribution in [3.63, 3.8) is 0 Å². The molecule has 0 spiro atoms. The van der Waals surface area contributed by atoms with Crippen molar-refractivity contribution in [2.75, 3.05) is 0 Å². The van der Waals surface area contributed by atoms with E-state index in [9.17, 15) is 27.5 Å². The van der Waals surface area contributed by atoms with Gasteiger partial charge in [0.1, 0.15) is 11.4 Å². The number of nitrogens with zero attached hydrogens (tertiary/aromatic N) is 3. The van der Waals surface area contributed by atoms with Crippen LogP contribution in [0.2, 0.25) is 0 Å². The lowest BCUT2D eigenvalue weighted by Gasteiger charge is -2.14. The smallest absolute Gasteiger partial charge is 0.417 e. The van der Waals surface area contributed by atoms with Crippen molar-refractivity contribution in [3.8, 4) is 28.5 Å². The van der Waals surface area contributed by atoms with E-state index in [0.717, 1.165) is 4.68 Å². The van der Waals surface area contributed by atoms with Gasteiger partial charge in [-0.1, -0.05) is 13.0 Å². The Hall–Kier alpha value is -3.43. The normalized spacial score (nSPS) is 11.6. The molecule has 0 fully saturated rings. The number of pyridine rings is 1. The van der Waals surface area contributed by atoms with Gasteiger partial charge in [-0.2, -0.15) is 18.3 Å². The van der Waals surface area contributed by atoms with Gasteiger partial charge in [0.05, 0.1) is 11.1 Å². The maximum absolute atomic E-state index is 14.0. The molecule has 3 aromatic rings. The van der Waals surface area contributed by atoms with Crippen LogP contribution in [0, 0.1) is 12.7 Å². The molecule has 0 saturated carbocycles. The third-order valence-corrected chi connectivity index (χ3v) is 4.46. The van der Waals surface area contributed by atoms with Crippen LogP contribution in [0.3, 0.4) is 0 Å². The number of ether oxygens (including phenoxy) is 1. The summed E-state index contributed by atoms with van der Waals surface area (Å²) in [5.74, 6) is -2.01. The van der Waals surface area contributed by atoms with Crippen molar-refractivity contribution in [1.29, 1.82) is 0 Å². The second-order valence-electron chi connectivity index (χ2n) is 6.52. The van der Waals surface area contributed by atoms with Crippen LogP contribution in [0.1, 0.15) is 23.7 Å². The lowest BCUT2D eigenvalue weighted by Crippen LogP contribution is -2.22. The maximum atomic E-state index is 14.0. The molecule has 0 amide bonds. The summed E-state index contributed by atoms with van der Waals surface area (Å²) in [6.07, 6.45) is -3.81. The van der Waals surface area contributed by atoms with E-state index in [1.54, 1.807) is 13.8 Å². The van der Waals surface area contributed by atoms with Gasteiger partial charge in [0.25, 0.3) is 11.4 Å². The molecule has 0 bridgehead atoms. The summed E-state index contributed by atoms with van der Waals surface area (Å²) < 4.78 is 58.4. The minimum Gasteiger partial charge on any atom is -0.505 e. The standard InChI is InChI=1S/C20H17F4N3O3/c1-4-11-7-13(30-18-15(21)8-12(9-25-18)20(22,23)24)5-6-14(11)16-17(28)10(2)26-27(3)19(16)29/h5-9,28H,4H2,1-3H3.